The first kappa shape index (κ1) is 25.5. The molecule has 2 rings (SSSR count). The van der Waals surface area contributed by atoms with Crippen LogP contribution in [0.1, 0.15) is 50.4 Å². The molecule has 1 aromatic rings. The van der Waals surface area contributed by atoms with Crippen LogP contribution in [0.2, 0.25) is 0 Å². The number of amides is 1. The highest BCUT2D eigenvalue weighted by Gasteiger charge is 2.27. The molecule has 8 nitrogen and oxygen atoms in total. The van der Waals surface area contributed by atoms with Crippen LogP contribution in [0.4, 0.5) is 4.39 Å². The Labute approximate surface area is 183 Å². The Morgan fingerprint density at radius 2 is 1.94 bits per heavy atom. The Kier molecular flexibility index (Phi) is 12.4. The van der Waals surface area contributed by atoms with Gasteiger partial charge in [0.1, 0.15) is 6.61 Å². The number of carbonyl (C=O) groups excluding carboxylic acids is 1. The first-order chi connectivity index (χ1) is 15.1. The van der Waals surface area contributed by atoms with Crippen LogP contribution in [-0.2, 0) is 19.0 Å². The number of carbonyl (C=O) groups is 1. The van der Waals surface area contributed by atoms with E-state index in [0.29, 0.717) is 51.4 Å². The van der Waals surface area contributed by atoms with Gasteiger partial charge in [-0.2, -0.15) is 0 Å². The van der Waals surface area contributed by atoms with Crippen molar-refractivity contribution < 1.29 is 28.1 Å². The third kappa shape index (κ3) is 9.92. The molecule has 9 heteroatoms. The number of nitrogens with two attached hydrogens (primary N) is 2. The van der Waals surface area contributed by atoms with Crippen LogP contribution in [-0.4, -0.2) is 58.1 Å². The van der Waals surface area contributed by atoms with Crippen molar-refractivity contribution in [2.24, 2.45) is 11.5 Å². The van der Waals surface area contributed by atoms with Crippen LogP contribution in [0.25, 0.3) is 0 Å². The molecule has 1 saturated heterocycles. The number of halogens is 1. The van der Waals surface area contributed by atoms with Gasteiger partial charge in [0.2, 0.25) is 5.91 Å². The van der Waals surface area contributed by atoms with Crippen LogP contribution in [0, 0.1) is 5.82 Å². The van der Waals surface area contributed by atoms with Crippen molar-refractivity contribution >= 4 is 5.91 Å². The van der Waals surface area contributed by atoms with Gasteiger partial charge in [0.05, 0.1) is 25.9 Å². The molecule has 1 aliphatic rings. The molecule has 0 spiro atoms. The molecule has 176 valence electrons. The summed E-state index contributed by atoms with van der Waals surface area (Å²) in [6.45, 7) is 3.07. The number of hydrogen-bond donors (Lipinski definition) is 3. The molecule has 2 atom stereocenters. The number of nitrogens with one attached hydrogen (secondary N) is 1. The lowest BCUT2D eigenvalue weighted by Gasteiger charge is -2.13. The lowest BCUT2D eigenvalue weighted by atomic mass is 10.1. The van der Waals surface area contributed by atoms with E-state index in [2.05, 4.69) is 5.32 Å². The van der Waals surface area contributed by atoms with Crippen molar-refractivity contribution in [1.29, 1.82) is 0 Å². The predicted octanol–water partition coefficient (Wildman–Crippen LogP) is 2.01. The first-order valence-corrected chi connectivity index (χ1v) is 11.1. The number of benzene rings is 1. The molecule has 2 unspecified atom stereocenters. The highest BCUT2D eigenvalue weighted by atomic mass is 19.1. The highest BCUT2D eigenvalue weighted by molar-refractivity contribution is 5.75. The third-order valence-corrected chi connectivity index (χ3v) is 4.87. The summed E-state index contributed by atoms with van der Waals surface area (Å²) in [6.07, 6.45) is 4.39. The zero-order valence-electron chi connectivity index (χ0n) is 18.2. The summed E-state index contributed by atoms with van der Waals surface area (Å²) >= 11 is 0. The summed E-state index contributed by atoms with van der Waals surface area (Å²) in [5.41, 5.74) is 11.5. The molecule has 0 aliphatic carbocycles. The van der Waals surface area contributed by atoms with Crippen molar-refractivity contribution in [2.45, 2.75) is 50.9 Å². The second-order valence-corrected chi connectivity index (χ2v) is 7.45. The zero-order chi connectivity index (χ0) is 22.3. The van der Waals surface area contributed by atoms with E-state index in [1.807, 2.05) is 0 Å². The van der Waals surface area contributed by atoms with Crippen molar-refractivity contribution in [1.82, 2.24) is 5.32 Å². The maximum atomic E-state index is 14.3. The molecular weight excluding hydrogens is 405 g/mol. The molecule has 0 bridgehead atoms. The first-order valence-electron chi connectivity index (χ1n) is 11.1. The average Bonchev–Trinajstić information content (AvgIpc) is 3.23. The van der Waals surface area contributed by atoms with E-state index in [9.17, 15) is 9.18 Å². The van der Waals surface area contributed by atoms with Crippen LogP contribution < -0.4 is 21.5 Å². The maximum Gasteiger partial charge on any atom is 0.220 e. The minimum atomic E-state index is -0.555. The number of ether oxygens (including phenoxy) is 4. The molecule has 0 radical (unpaired) electrons. The van der Waals surface area contributed by atoms with Gasteiger partial charge in [0.25, 0.3) is 0 Å². The van der Waals surface area contributed by atoms with Gasteiger partial charge < -0.3 is 35.7 Å². The zero-order valence-corrected chi connectivity index (χ0v) is 18.2. The highest BCUT2D eigenvalue weighted by Crippen LogP contribution is 2.31. The molecular formula is C22H36FN3O5. The van der Waals surface area contributed by atoms with Crippen LogP contribution in [0.3, 0.4) is 0 Å². The fourth-order valence-corrected chi connectivity index (χ4v) is 3.16. The smallest absolute Gasteiger partial charge is 0.220 e. The monoisotopic (exact) mass is 441 g/mol. The Hall–Kier alpha value is -1.78. The van der Waals surface area contributed by atoms with Crippen molar-refractivity contribution in [3.63, 3.8) is 0 Å². The van der Waals surface area contributed by atoms with Crippen molar-refractivity contribution in [3.05, 3.63) is 29.6 Å². The number of hydrogen-bond acceptors (Lipinski definition) is 7. The second-order valence-electron chi connectivity index (χ2n) is 7.45. The molecule has 1 fully saturated rings. The van der Waals surface area contributed by atoms with Gasteiger partial charge in [-0.3, -0.25) is 4.79 Å². The lowest BCUT2D eigenvalue weighted by Crippen LogP contribution is -2.27. The Morgan fingerprint density at radius 1 is 1.13 bits per heavy atom. The van der Waals surface area contributed by atoms with Gasteiger partial charge in [0, 0.05) is 18.5 Å². The quantitative estimate of drug-likeness (QED) is 0.336. The third-order valence-electron chi connectivity index (χ3n) is 4.87. The molecule has 1 aliphatic heterocycles. The van der Waals surface area contributed by atoms with E-state index < -0.39 is 12.1 Å². The summed E-state index contributed by atoms with van der Waals surface area (Å²) in [7, 11) is 0. The summed E-state index contributed by atoms with van der Waals surface area (Å²) in [5.74, 6) is -0.327. The lowest BCUT2D eigenvalue weighted by molar-refractivity contribution is -0.121. The maximum absolute atomic E-state index is 14.3. The summed E-state index contributed by atoms with van der Waals surface area (Å²) in [5, 5.41) is 2.77. The largest absolute Gasteiger partial charge is 0.488 e. The van der Waals surface area contributed by atoms with Gasteiger partial charge >= 0.3 is 0 Å². The van der Waals surface area contributed by atoms with Crippen LogP contribution >= 0.6 is 0 Å². The van der Waals surface area contributed by atoms with E-state index in [1.54, 1.807) is 12.1 Å². The number of unbranched alkanes of at least 4 members (excludes halogenated alkanes) is 2. The van der Waals surface area contributed by atoms with Gasteiger partial charge in [-0.05, 0) is 57.3 Å². The molecule has 1 heterocycles. The van der Waals surface area contributed by atoms with Crippen molar-refractivity contribution in [2.75, 3.05) is 46.1 Å². The van der Waals surface area contributed by atoms with E-state index in [-0.39, 0.29) is 24.4 Å². The van der Waals surface area contributed by atoms with Crippen LogP contribution in [0.15, 0.2) is 18.2 Å². The fourth-order valence-electron chi connectivity index (χ4n) is 3.16. The Bertz CT molecular complexity index is 650. The minimum Gasteiger partial charge on any atom is -0.488 e. The van der Waals surface area contributed by atoms with Crippen LogP contribution in [0.5, 0.6) is 5.75 Å². The summed E-state index contributed by atoms with van der Waals surface area (Å²) in [4.78, 5) is 11.5. The molecule has 1 amide bonds. The van der Waals surface area contributed by atoms with Gasteiger partial charge in [-0.15, -0.1) is 0 Å². The average molecular weight is 442 g/mol. The minimum absolute atomic E-state index is 0.00689. The van der Waals surface area contributed by atoms with E-state index in [4.69, 9.17) is 30.4 Å². The SMILES string of the molecule is NCCCCC(=O)NCCOCCOc1ccc(C2OCC(CCCCN)O2)cc1F. The molecule has 31 heavy (non-hydrogen) atoms. The topological polar surface area (TPSA) is 118 Å². The molecule has 0 saturated carbocycles. The molecule has 0 aromatic heterocycles. The van der Waals surface area contributed by atoms with Gasteiger partial charge in [0.15, 0.2) is 17.9 Å². The van der Waals surface area contributed by atoms with E-state index >= 15 is 0 Å². The molecule has 5 N–H and O–H groups in total. The van der Waals surface area contributed by atoms with E-state index in [0.717, 1.165) is 32.1 Å². The van der Waals surface area contributed by atoms with E-state index in [1.165, 1.54) is 6.07 Å². The summed E-state index contributed by atoms with van der Waals surface area (Å²) < 4.78 is 36.7. The second kappa shape index (κ2) is 15.1. The summed E-state index contributed by atoms with van der Waals surface area (Å²) in [6, 6.07) is 4.69. The Morgan fingerprint density at radius 3 is 2.71 bits per heavy atom. The van der Waals surface area contributed by atoms with Crippen molar-refractivity contribution in [3.8, 4) is 5.75 Å². The standard InChI is InChI=1S/C22H36FN3O5/c23-19-15-17(22-30-16-18(31-22)5-1-3-9-24)7-8-20(19)29-14-13-28-12-11-26-21(27)6-2-4-10-25/h7-8,15,18,22H,1-6,9-14,16,24-25H2,(H,26,27). The number of rotatable bonds is 16. The van der Waals surface area contributed by atoms with Gasteiger partial charge in [-0.1, -0.05) is 6.07 Å². The fraction of sp³-hybridized carbons (Fsp3) is 0.682. The molecule has 1 aromatic carbocycles. The normalized spacial score (nSPS) is 18.3. The Balaban J connectivity index is 1.59. The van der Waals surface area contributed by atoms with Gasteiger partial charge in [-0.25, -0.2) is 4.39 Å². The predicted molar refractivity (Wildman–Crippen MR) is 115 cm³/mol.